The summed E-state index contributed by atoms with van der Waals surface area (Å²) in [6.07, 6.45) is 0.332. The van der Waals surface area contributed by atoms with E-state index in [1.165, 1.54) is 18.9 Å². The Balaban J connectivity index is 2.42. The van der Waals surface area contributed by atoms with Gasteiger partial charge in [0.25, 0.3) is 0 Å². The van der Waals surface area contributed by atoms with Crippen LogP contribution in [0.3, 0.4) is 0 Å². The van der Waals surface area contributed by atoms with Crippen LogP contribution in [0.25, 0.3) is 0 Å². The van der Waals surface area contributed by atoms with Gasteiger partial charge < -0.3 is 9.64 Å². The monoisotopic (exact) mass is 393 g/mol. The van der Waals surface area contributed by atoms with E-state index >= 15 is 0 Å². The number of hydrogen-bond donors (Lipinski definition) is 0. The van der Waals surface area contributed by atoms with Crippen molar-refractivity contribution < 1.29 is 14.3 Å². The number of thiophene rings is 1. The minimum Gasteiger partial charge on any atom is -0.469 e. The smallest absolute Gasteiger partial charge is 0.306 e. The number of carbonyl (C=O) groups excluding carboxylic acids is 2. The van der Waals surface area contributed by atoms with Gasteiger partial charge in [-0.15, -0.1) is 23.1 Å². The molecule has 0 bridgehead atoms. The quantitative estimate of drug-likeness (QED) is 0.633. The van der Waals surface area contributed by atoms with Crippen molar-refractivity contribution in [2.45, 2.75) is 32.1 Å². The average molecular weight is 394 g/mol. The van der Waals surface area contributed by atoms with Gasteiger partial charge in [0.15, 0.2) is 0 Å². The molecule has 1 aromatic rings. The van der Waals surface area contributed by atoms with Crippen molar-refractivity contribution in [3.63, 3.8) is 0 Å². The second-order valence-corrected chi connectivity index (χ2v) is 8.49. The summed E-state index contributed by atoms with van der Waals surface area (Å²) in [5.74, 6) is 0.250. The maximum Gasteiger partial charge on any atom is 0.306 e. The van der Waals surface area contributed by atoms with E-state index in [0.29, 0.717) is 25.3 Å². The molecule has 0 radical (unpaired) electrons. The summed E-state index contributed by atoms with van der Waals surface area (Å²) in [7, 11) is 1.38. The second kappa shape index (κ2) is 9.48. The molecule has 0 aliphatic heterocycles. The first-order valence-corrected chi connectivity index (χ1v) is 9.32. The van der Waals surface area contributed by atoms with Crippen LogP contribution in [0.4, 0.5) is 0 Å². The molecule has 1 aromatic heterocycles. The van der Waals surface area contributed by atoms with Crippen molar-refractivity contribution >= 4 is 50.9 Å². The highest BCUT2D eigenvalue weighted by Gasteiger charge is 2.16. The lowest BCUT2D eigenvalue weighted by Gasteiger charge is -2.20. The van der Waals surface area contributed by atoms with Gasteiger partial charge in [0.2, 0.25) is 5.91 Å². The van der Waals surface area contributed by atoms with Crippen LogP contribution in [-0.2, 0) is 20.9 Å². The average Bonchev–Trinajstić information content (AvgIpc) is 2.87. The van der Waals surface area contributed by atoms with Crippen molar-refractivity contribution in [2.75, 3.05) is 19.4 Å². The summed E-state index contributed by atoms with van der Waals surface area (Å²) < 4.78 is 5.70. The zero-order chi connectivity index (χ0) is 15.8. The first-order chi connectivity index (χ1) is 9.96. The number of carbonyl (C=O) groups is 2. The van der Waals surface area contributed by atoms with Crippen LogP contribution < -0.4 is 0 Å². The molecule has 1 atom stereocenters. The predicted octanol–water partition coefficient (Wildman–Crippen LogP) is 3.54. The van der Waals surface area contributed by atoms with E-state index in [-0.39, 0.29) is 17.1 Å². The Labute approximate surface area is 142 Å². The summed E-state index contributed by atoms with van der Waals surface area (Å²) in [5.41, 5.74) is 0. The zero-order valence-electron chi connectivity index (χ0n) is 12.4. The molecule has 0 spiro atoms. The van der Waals surface area contributed by atoms with Crippen LogP contribution in [0.5, 0.6) is 0 Å². The Hall–Kier alpha value is -0.530. The fourth-order valence-electron chi connectivity index (χ4n) is 1.68. The number of halogens is 1. The molecule has 1 rings (SSSR count). The Morgan fingerprint density at radius 1 is 1.48 bits per heavy atom. The summed E-state index contributed by atoms with van der Waals surface area (Å²) in [6.45, 7) is 5.22. The minimum atomic E-state index is -0.238. The summed E-state index contributed by atoms with van der Waals surface area (Å²) >= 11 is 6.56. The van der Waals surface area contributed by atoms with Gasteiger partial charge in [-0.25, -0.2) is 0 Å². The molecule has 0 aliphatic carbocycles. The van der Waals surface area contributed by atoms with E-state index in [4.69, 9.17) is 0 Å². The fourth-order valence-corrected chi connectivity index (χ4v) is 4.05. The van der Waals surface area contributed by atoms with Crippen molar-refractivity contribution in [3.8, 4) is 0 Å². The molecule has 0 aliphatic rings. The van der Waals surface area contributed by atoms with Crippen molar-refractivity contribution in [3.05, 3.63) is 20.8 Å². The van der Waals surface area contributed by atoms with Gasteiger partial charge >= 0.3 is 5.97 Å². The third-order valence-corrected chi connectivity index (χ3v) is 5.64. The van der Waals surface area contributed by atoms with Crippen molar-refractivity contribution in [2.24, 2.45) is 0 Å². The molecule has 21 heavy (non-hydrogen) atoms. The van der Waals surface area contributed by atoms with Gasteiger partial charge in [-0.05, 0) is 35.0 Å². The summed E-state index contributed by atoms with van der Waals surface area (Å²) in [4.78, 5) is 26.4. The molecule has 7 heteroatoms. The van der Waals surface area contributed by atoms with E-state index in [2.05, 4.69) is 20.7 Å². The summed E-state index contributed by atoms with van der Waals surface area (Å²) in [6, 6.07) is 4.02. The SMILES string of the molecule is CCN(Cc1ccc(Br)s1)C(=O)CSC(C)CC(=O)OC. The third kappa shape index (κ3) is 6.84. The van der Waals surface area contributed by atoms with Crippen LogP contribution in [0, 0.1) is 0 Å². The number of rotatable bonds is 8. The lowest BCUT2D eigenvalue weighted by atomic mass is 10.3. The molecule has 4 nitrogen and oxygen atoms in total. The van der Waals surface area contributed by atoms with Gasteiger partial charge in [-0.1, -0.05) is 6.92 Å². The molecule has 0 aromatic carbocycles. The van der Waals surface area contributed by atoms with Gasteiger partial charge in [-0.2, -0.15) is 0 Å². The highest BCUT2D eigenvalue weighted by atomic mass is 79.9. The minimum absolute atomic E-state index is 0.0796. The maximum absolute atomic E-state index is 12.2. The first kappa shape index (κ1) is 18.5. The van der Waals surface area contributed by atoms with Gasteiger partial charge in [0, 0.05) is 16.7 Å². The molecule has 0 saturated heterocycles. The van der Waals surface area contributed by atoms with E-state index in [1.807, 2.05) is 30.9 Å². The standard InChI is InChI=1S/C14H20BrNO3S2/c1-4-16(8-11-5-6-12(15)21-11)13(17)9-20-10(2)7-14(18)19-3/h5-6,10H,4,7-9H2,1-3H3. The highest BCUT2D eigenvalue weighted by Crippen LogP contribution is 2.24. The van der Waals surface area contributed by atoms with Crippen molar-refractivity contribution in [1.82, 2.24) is 4.90 Å². The fraction of sp³-hybridized carbons (Fsp3) is 0.571. The number of esters is 1. The molecule has 1 amide bonds. The Morgan fingerprint density at radius 3 is 2.71 bits per heavy atom. The van der Waals surface area contributed by atoms with E-state index < -0.39 is 0 Å². The molecule has 0 N–H and O–H groups in total. The van der Waals surface area contributed by atoms with E-state index in [9.17, 15) is 9.59 Å². The Kier molecular flexibility index (Phi) is 8.36. The van der Waals surface area contributed by atoms with Crippen LogP contribution in [0.2, 0.25) is 0 Å². The van der Waals surface area contributed by atoms with Gasteiger partial charge in [0.1, 0.15) is 0 Å². The normalized spacial score (nSPS) is 12.0. The Bertz CT molecular complexity index is 479. The van der Waals surface area contributed by atoms with Gasteiger partial charge in [-0.3, -0.25) is 9.59 Å². The summed E-state index contributed by atoms with van der Waals surface area (Å²) in [5, 5.41) is 0.0796. The molecular weight excluding hydrogens is 374 g/mol. The van der Waals surface area contributed by atoms with Crippen LogP contribution in [0.15, 0.2) is 15.9 Å². The number of amides is 1. The zero-order valence-corrected chi connectivity index (χ0v) is 15.6. The van der Waals surface area contributed by atoms with E-state index in [1.54, 1.807) is 11.3 Å². The number of methoxy groups -OCH3 is 1. The first-order valence-electron chi connectivity index (χ1n) is 6.66. The molecule has 1 heterocycles. The van der Waals surface area contributed by atoms with E-state index in [0.717, 1.165) is 8.66 Å². The number of thioether (sulfide) groups is 1. The molecular formula is C14H20BrNO3S2. The molecule has 0 saturated carbocycles. The van der Waals surface area contributed by atoms with Crippen LogP contribution in [0.1, 0.15) is 25.1 Å². The molecule has 1 unspecified atom stereocenters. The van der Waals surface area contributed by atoms with Crippen LogP contribution in [-0.4, -0.2) is 41.4 Å². The second-order valence-electron chi connectivity index (χ2n) is 4.52. The highest BCUT2D eigenvalue weighted by molar-refractivity contribution is 9.11. The number of hydrogen-bond acceptors (Lipinski definition) is 5. The topological polar surface area (TPSA) is 46.6 Å². The van der Waals surface area contributed by atoms with Crippen LogP contribution >= 0.6 is 39.0 Å². The molecule has 0 fully saturated rings. The third-order valence-electron chi connectivity index (χ3n) is 2.88. The maximum atomic E-state index is 12.2. The van der Waals surface area contributed by atoms with Gasteiger partial charge in [0.05, 0.1) is 29.6 Å². The largest absolute Gasteiger partial charge is 0.469 e. The molecule has 118 valence electrons. The number of nitrogens with zero attached hydrogens (tertiary/aromatic N) is 1. The lowest BCUT2D eigenvalue weighted by Crippen LogP contribution is -2.32. The lowest BCUT2D eigenvalue weighted by molar-refractivity contribution is -0.140. The Morgan fingerprint density at radius 2 is 2.19 bits per heavy atom. The van der Waals surface area contributed by atoms with Crippen molar-refractivity contribution in [1.29, 1.82) is 0 Å². The number of ether oxygens (including phenoxy) is 1. The predicted molar refractivity (Wildman–Crippen MR) is 91.7 cm³/mol.